The lowest BCUT2D eigenvalue weighted by Gasteiger charge is -2.16. The fourth-order valence-corrected chi connectivity index (χ4v) is 4.92. The molecule has 2 aromatic rings. The molecule has 3 rings (SSSR count). The van der Waals surface area contributed by atoms with Crippen LogP contribution in [-0.4, -0.2) is 55.1 Å². The van der Waals surface area contributed by atoms with Crippen LogP contribution in [0.4, 0.5) is 13.2 Å². The minimum absolute atomic E-state index is 0.107. The van der Waals surface area contributed by atoms with Crippen molar-refractivity contribution in [3.8, 4) is 0 Å². The highest BCUT2D eigenvalue weighted by Crippen LogP contribution is 2.29. The number of aryl methyl sites for hydroxylation is 1. The predicted octanol–water partition coefficient (Wildman–Crippen LogP) is 1.98. The molecule has 0 spiro atoms. The lowest BCUT2D eigenvalue weighted by atomic mass is 10.2. The van der Waals surface area contributed by atoms with Crippen molar-refractivity contribution in [3.05, 3.63) is 31.3 Å². The number of rotatable bonds is 9. The third-order valence-electron chi connectivity index (χ3n) is 5.26. The van der Waals surface area contributed by atoms with E-state index in [1.807, 2.05) is 0 Å². The first-order chi connectivity index (χ1) is 14.7. The summed E-state index contributed by atoms with van der Waals surface area (Å²) < 4.78 is 56.6. The first kappa shape index (κ1) is 23.9. The van der Waals surface area contributed by atoms with Gasteiger partial charge in [-0.2, -0.15) is 13.2 Å². The van der Waals surface area contributed by atoms with Crippen LogP contribution in [0.5, 0.6) is 0 Å². The SMILES string of the molecule is COC(CNCc1sc2c(c1C)c(=O)n(CC(F)(F)F)c(=O)n2CC1CCCO1)OC. The Hall–Kier alpha value is -1.73. The summed E-state index contributed by atoms with van der Waals surface area (Å²) in [6.45, 7) is 1.43. The first-order valence-electron chi connectivity index (χ1n) is 9.86. The van der Waals surface area contributed by atoms with Gasteiger partial charge in [-0.15, -0.1) is 11.3 Å². The Labute approximate surface area is 180 Å². The maximum atomic E-state index is 13.1. The minimum Gasteiger partial charge on any atom is -0.376 e. The molecule has 0 saturated carbocycles. The van der Waals surface area contributed by atoms with E-state index in [9.17, 15) is 22.8 Å². The zero-order valence-corrected chi connectivity index (χ0v) is 18.4. The molecule has 2 aromatic heterocycles. The maximum Gasteiger partial charge on any atom is 0.406 e. The summed E-state index contributed by atoms with van der Waals surface area (Å²) >= 11 is 1.22. The number of alkyl halides is 3. The molecule has 0 aromatic carbocycles. The second kappa shape index (κ2) is 9.82. The molecule has 1 unspecified atom stereocenters. The van der Waals surface area contributed by atoms with Gasteiger partial charge in [0.1, 0.15) is 11.4 Å². The topological polar surface area (TPSA) is 83.7 Å². The van der Waals surface area contributed by atoms with Crippen LogP contribution in [0.2, 0.25) is 0 Å². The molecular weight excluding hydrogens is 439 g/mol. The molecule has 1 aliphatic heterocycles. The highest BCUT2D eigenvalue weighted by atomic mass is 32.1. The smallest absolute Gasteiger partial charge is 0.376 e. The van der Waals surface area contributed by atoms with Gasteiger partial charge in [0.15, 0.2) is 6.29 Å². The molecule has 0 amide bonds. The van der Waals surface area contributed by atoms with E-state index >= 15 is 0 Å². The molecule has 1 N–H and O–H groups in total. The third-order valence-corrected chi connectivity index (χ3v) is 6.58. The van der Waals surface area contributed by atoms with Crippen molar-refractivity contribution in [2.75, 3.05) is 27.4 Å². The molecule has 3 heterocycles. The van der Waals surface area contributed by atoms with Crippen LogP contribution in [0.1, 0.15) is 23.3 Å². The van der Waals surface area contributed by atoms with Gasteiger partial charge in [-0.05, 0) is 25.3 Å². The van der Waals surface area contributed by atoms with Gasteiger partial charge in [-0.1, -0.05) is 0 Å². The number of nitrogens with one attached hydrogen (secondary N) is 1. The minimum atomic E-state index is -4.69. The van der Waals surface area contributed by atoms with Gasteiger partial charge in [0, 0.05) is 38.8 Å². The van der Waals surface area contributed by atoms with Crippen molar-refractivity contribution in [1.82, 2.24) is 14.5 Å². The Balaban J connectivity index is 2.05. The quantitative estimate of drug-likeness (QED) is 0.571. The molecule has 12 heteroatoms. The summed E-state index contributed by atoms with van der Waals surface area (Å²) in [5.41, 5.74) is -1.33. The highest BCUT2D eigenvalue weighted by molar-refractivity contribution is 7.18. The normalized spacial score (nSPS) is 17.3. The van der Waals surface area contributed by atoms with Gasteiger partial charge < -0.3 is 19.5 Å². The molecule has 1 saturated heterocycles. The molecule has 174 valence electrons. The highest BCUT2D eigenvalue weighted by Gasteiger charge is 2.32. The second-order valence-corrected chi connectivity index (χ2v) is 8.48. The van der Waals surface area contributed by atoms with Crippen molar-refractivity contribution in [3.63, 3.8) is 0 Å². The Bertz CT molecular complexity index is 1020. The molecule has 0 aliphatic carbocycles. The molecule has 1 fully saturated rings. The Morgan fingerprint density at radius 3 is 2.55 bits per heavy atom. The van der Waals surface area contributed by atoms with Crippen LogP contribution in [-0.2, 0) is 33.8 Å². The molecule has 31 heavy (non-hydrogen) atoms. The van der Waals surface area contributed by atoms with Crippen molar-refractivity contribution < 1.29 is 27.4 Å². The third kappa shape index (κ3) is 5.37. The first-order valence-corrected chi connectivity index (χ1v) is 10.7. The summed E-state index contributed by atoms with van der Waals surface area (Å²) in [6, 6.07) is 0. The number of fused-ring (bicyclic) bond motifs is 1. The molecule has 8 nitrogen and oxygen atoms in total. The monoisotopic (exact) mass is 465 g/mol. The molecule has 0 bridgehead atoms. The number of hydrogen-bond acceptors (Lipinski definition) is 7. The van der Waals surface area contributed by atoms with Crippen LogP contribution in [0, 0.1) is 6.92 Å². The van der Waals surface area contributed by atoms with Gasteiger partial charge in [0.2, 0.25) is 0 Å². The number of hydrogen-bond donors (Lipinski definition) is 1. The van der Waals surface area contributed by atoms with Crippen molar-refractivity contribution in [2.24, 2.45) is 0 Å². The summed E-state index contributed by atoms with van der Waals surface area (Å²) in [5, 5.41) is 3.28. The molecule has 1 atom stereocenters. The Morgan fingerprint density at radius 2 is 1.97 bits per heavy atom. The van der Waals surface area contributed by atoms with Gasteiger partial charge in [-0.3, -0.25) is 13.9 Å². The number of halogens is 3. The average molecular weight is 465 g/mol. The van der Waals surface area contributed by atoms with E-state index in [1.54, 1.807) is 6.92 Å². The fraction of sp³-hybridized carbons (Fsp3) is 0.684. The van der Waals surface area contributed by atoms with Crippen molar-refractivity contribution in [1.29, 1.82) is 0 Å². The van der Waals surface area contributed by atoms with Gasteiger partial charge >= 0.3 is 11.9 Å². The standard InChI is InChI=1S/C19H26F3N3O5S/c1-11-13(7-23-8-14(28-2)29-3)31-17-15(11)16(26)25(10-19(20,21)22)18(27)24(17)9-12-5-4-6-30-12/h12,14,23H,4-10H2,1-3H3. The van der Waals surface area contributed by atoms with Crippen molar-refractivity contribution >= 4 is 21.6 Å². The van der Waals surface area contributed by atoms with E-state index in [2.05, 4.69) is 5.32 Å². The lowest BCUT2D eigenvalue weighted by Crippen LogP contribution is -2.44. The number of ether oxygens (including phenoxy) is 3. The maximum absolute atomic E-state index is 13.1. The van der Waals surface area contributed by atoms with Crippen LogP contribution in [0.3, 0.4) is 0 Å². The summed E-state index contributed by atoms with van der Waals surface area (Å²) in [4.78, 5) is 26.9. The molecular formula is C19H26F3N3O5S. The lowest BCUT2D eigenvalue weighted by molar-refractivity contribution is -0.142. The van der Waals surface area contributed by atoms with E-state index in [-0.39, 0.29) is 22.6 Å². The largest absolute Gasteiger partial charge is 0.406 e. The average Bonchev–Trinajstić information content (AvgIpc) is 3.33. The second-order valence-electron chi connectivity index (χ2n) is 7.40. The van der Waals surface area contributed by atoms with E-state index < -0.39 is 30.3 Å². The summed E-state index contributed by atoms with van der Waals surface area (Å²) in [7, 11) is 3.01. The number of thiophene rings is 1. The predicted molar refractivity (Wildman–Crippen MR) is 110 cm³/mol. The van der Waals surface area contributed by atoms with E-state index in [0.29, 0.717) is 36.5 Å². The van der Waals surface area contributed by atoms with E-state index in [4.69, 9.17) is 14.2 Å². The Morgan fingerprint density at radius 1 is 1.26 bits per heavy atom. The van der Waals surface area contributed by atoms with E-state index in [1.165, 1.54) is 30.1 Å². The number of methoxy groups -OCH3 is 2. The van der Waals surface area contributed by atoms with Crippen LogP contribution >= 0.6 is 11.3 Å². The van der Waals surface area contributed by atoms with E-state index in [0.717, 1.165) is 11.3 Å². The van der Waals surface area contributed by atoms with Crippen molar-refractivity contribution in [2.45, 2.75) is 58.0 Å². The van der Waals surface area contributed by atoms with Gasteiger partial charge in [-0.25, -0.2) is 4.79 Å². The van der Waals surface area contributed by atoms with Gasteiger partial charge in [0.25, 0.3) is 5.56 Å². The molecule has 1 aliphatic rings. The number of aromatic nitrogens is 2. The zero-order chi connectivity index (χ0) is 22.8. The van der Waals surface area contributed by atoms with Crippen LogP contribution in [0.25, 0.3) is 10.2 Å². The van der Waals surface area contributed by atoms with Gasteiger partial charge in [0.05, 0.1) is 18.0 Å². The van der Waals surface area contributed by atoms with Crippen LogP contribution < -0.4 is 16.6 Å². The summed E-state index contributed by atoms with van der Waals surface area (Å²) in [5.74, 6) is 0. The Kier molecular flexibility index (Phi) is 7.58. The van der Waals surface area contributed by atoms with Crippen LogP contribution in [0.15, 0.2) is 9.59 Å². The molecule has 0 radical (unpaired) electrons. The fourth-order valence-electron chi connectivity index (χ4n) is 3.65. The summed E-state index contributed by atoms with van der Waals surface area (Å²) in [6.07, 6.45) is -3.89. The zero-order valence-electron chi connectivity index (χ0n) is 17.6. The number of nitrogens with zero attached hydrogens (tertiary/aromatic N) is 2.